The van der Waals surface area contributed by atoms with Gasteiger partial charge in [0.15, 0.2) is 0 Å². The molecule has 1 unspecified atom stereocenters. The lowest BCUT2D eigenvalue weighted by Gasteiger charge is -2.28. The molecule has 1 fully saturated rings. The number of carbonyl (C=O) groups excluding carboxylic acids is 1. The molecular weight excluding hydrogens is 297 g/mol. The van der Waals surface area contributed by atoms with Crippen LogP contribution in [0.3, 0.4) is 0 Å². The largest absolute Gasteiger partial charge is 0.444 e. The van der Waals surface area contributed by atoms with Crippen molar-refractivity contribution < 1.29 is 22.7 Å². The van der Waals surface area contributed by atoms with E-state index in [9.17, 15) is 18.0 Å². The summed E-state index contributed by atoms with van der Waals surface area (Å²) in [7, 11) is 0. The van der Waals surface area contributed by atoms with Crippen molar-refractivity contribution in [2.75, 3.05) is 19.6 Å². The van der Waals surface area contributed by atoms with Gasteiger partial charge in [-0.2, -0.15) is 13.2 Å². The number of hydrogen-bond donors (Lipinski definition) is 1. The monoisotopic (exact) mass is 324 g/mol. The lowest BCUT2D eigenvalue weighted by Crippen LogP contribution is -2.44. The van der Waals surface area contributed by atoms with Crippen molar-refractivity contribution >= 4 is 6.09 Å². The van der Waals surface area contributed by atoms with E-state index in [0.717, 1.165) is 12.8 Å². The van der Waals surface area contributed by atoms with Crippen LogP contribution in [0.25, 0.3) is 0 Å². The quantitative estimate of drug-likeness (QED) is 0.757. The first-order valence-corrected chi connectivity index (χ1v) is 7.85. The molecule has 0 spiro atoms. The van der Waals surface area contributed by atoms with Crippen LogP contribution in [-0.2, 0) is 4.74 Å². The smallest absolute Gasteiger partial charge is 0.410 e. The minimum Gasteiger partial charge on any atom is -0.444 e. The maximum absolute atomic E-state index is 12.1. The molecule has 0 aromatic rings. The third-order valence-corrected chi connectivity index (χ3v) is 3.45. The summed E-state index contributed by atoms with van der Waals surface area (Å²) in [5.41, 5.74) is -0.519. The minimum atomic E-state index is -4.07. The zero-order valence-electron chi connectivity index (χ0n) is 13.6. The molecule has 0 bridgehead atoms. The van der Waals surface area contributed by atoms with E-state index in [1.54, 1.807) is 4.90 Å². The van der Waals surface area contributed by atoms with Crippen LogP contribution in [0.4, 0.5) is 18.0 Å². The molecule has 22 heavy (non-hydrogen) atoms. The summed E-state index contributed by atoms with van der Waals surface area (Å²) < 4.78 is 41.4. The van der Waals surface area contributed by atoms with Crippen molar-refractivity contribution in [2.24, 2.45) is 0 Å². The van der Waals surface area contributed by atoms with Crippen molar-refractivity contribution in [3.05, 3.63) is 0 Å². The topological polar surface area (TPSA) is 41.6 Å². The second kappa shape index (κ2) is 8.04. The molecule has 130 valence electrons. The minimum absolute atomic E-state index is 0.0671. The van der Waals surface area contributed by atoms with E-state index in [1.807, 2.05) is 20.8 Å². The van der Waals surface area contributed by atoms with Crippen molar-refractivity contribution in [3.8, 4) is 0 Å². The van der Waals surface area contributed by atoms with Crippen LogP contribution in [-0.4, -0.2) is 48.4 Å². The van der Waals surface area contributed by atoms with E-state index in [1.165, 1.54) is 0 Å². The highest BCUT2D eigenvalue weighted by atomic mass is 19.4. The summed E-state index contributed by atoms with van der Waals surface area (Å²) in [5.74, 6) is 0. The molecule has 4 nitrogen and oxygen atoms in total. The number of nitrogens with zero attached hydrogens (tertiary/aromatic N) is 1. The standard InChI is InChI=1S/C15H27F3N2O2/c1-14(2,3)22-13(21)20-10-6-7-12(20)11-19-9-5-4-8-15(16,17)18/h12,19H,4-11H2,1-3H3. The average molecular weight is 324 g/mol. The Balaban J connectivity index is 2.23. The zero-order chi connectivity index (χ0) is 16.8. The van der Waals surface area contributed by atoms with Crippen molar-refractivity contribution in [2.45, 2.75) is 70.7 Å². The van der Waals surface area contributed by atoms with Crippen molar-refractivity contribution in [1.82, 2.24) is 10.2 Å². The predicted octanol–water partition coefficient (Wildman–Crippen LogP) is 3.71. The van der Waals surface area contributed by atoms with Gasteiger partial charge in [0.2, 0.25) is 0 Å². The van der Waals surface area contributed by atoms with Gasteiger partial charge in [0.05, 0.1) is 0 Å². The maximum atomic E-state index is 12.1. The molecule has 1 N–H and O–H groups in total. The normalized spacial score (nSPS) is 19.5. The van der Waals surface area contributed by atoms with Gasteiger partial charge in [-0.3, -0.25) is 0 Å². The third-order valence-electron chi connectivity index (χ3n) is 3.45. The number of amides is 1. The zero-order valence-corrected chi connectivity index (χ0v) is 13.6. The van der Waals surface area contributed by atoms with Crippen molar-refractivity contribution in [3.63, 3.8) is 0 Å². The van der Waals surface area contributed by atoms with Gasteiger partial charge < -0.3 is 15.0 Å². The maximum Gasteiger partial charge on any atom is 0.410 e. The molecule has 0 aromatic carbocycles. The Morgan fingerprint density at radius 2 is 1.95 bits per heavy atom. The molecule has 1 atom stereocenters. The number of halogens is 3. The second-order valence-electron chi connectivity index (χ2n) is 6.75. The van der Waals surface area contributed by atoms with Crippen LogP contribution < -0.4 is 5.32 Å². The second-order valence-corrected chi connectivity index (χ2v) is 6.75. The van der Waals surface area contributed by atoms with Crippen LogP contribution in [0.1, 0.15) is 52.9 Å². The van der Waals surface area contributed by atoms with Gasteiger partial charge in [-0.05, 0) is 53.0 Å². The molecule has 0 radical (unpaired) electrons. The number of likely N-dealkylation sites (tertiary alicyclic amines) is 1. The molecule has 0 saturated carbocycles. The van der Waals surface area contributed by atoms with E-state index in [2.05, 4.69) is 5.32 Å². The molecule has 0 aliphatic carbocycles. The number of alkyl halides is 3. The SMILES string of the molecule is CC(C)(C)OC(=O)N1CCCC1CNCCCCC(F)(F)F. The molecule has 1 rings (SSSR count). The Labute approximate surface area is 130 Å². The summed E-state index contributed by atoms with van der Waals surface area (Å²) >= 11 is 0. The number of rotatable bonds is 6. The first-order chi connectivity index (χ1) is 10.1. The predicted molar refractivity (Wildman–Crippen MR) is 78.7 cm³/mol. The average Bonchev–Trinajstić information content (AvgIpc) is 2.78. The van der Waals surface area contributed by atoms with E-state index in [-0.39, 0.29) is 18.6 Å². The summed E-state index contributed by atoms with van der Waals surface area (Å²) in [6.07, 6.45) is -2.67. The van der Waals surface area contributed by atoms with Gasteiger partial charge in [0, 0.05) is 25.6 Å². The number of unbranched alkanes of at least 4 members (excludes halogenated alkanes) is 1. The summed E-state index contributed by atoms with van der Waals surface area (Å²) in [4.78, 5) is 13.8. The highest BCUT2D eigenvalue weighted by Gasteiger charge is 2.31. The fourth-order valence-corrected chi connectivity index (χ4v) is 2.45. The molecule has 1 saturated heterocycles. The molecular formula is C15H27F3N2O2. The third kappa shape index (κ3) is 7.87. The lowest BCUT2D eigenvalue weighted by atomic mass is 10.2. The molecule has 1 aliphatic rings. The van der Waals surface area contributed by atoms with Gasteiger partial charge in [0.25, 0.3) is 0 Å². The highest BCUT2D eigenvalue weighted by molar-refractivity contribution is 5.69. The highest BCUT2D eigenvalue weighted by Crippen LogP contribution is 2.22. The Hall–Kier alpha value is -0.980. The summed E-state index contributed by atoms with van der Waals surface area (Å²) in [6, 6.07) is 0.0671. The molecule has 1 heterocycles. The fourth-order valence-electron chi connectivity index (χ4n) is 2.45. The van der Waals surface area contributed by atoms with Crippen LogP contribution in [0, 0.1) is 0 Å². The van der Waals surface area contributed by atoms with Crippen LogP contribution in [0.15, 0.2) is 0 Å². The Morgan fingerprint density at radius 1 is 1.27 bits per heavy atom. The van der Waals surface area contributed by atoms with Gasteiger partial charge in [-0.15, -0.1) is 0 Å². The van der Waals surface area contributed by atoms with E-state index in [4.69, 9.17) is 4.74 Å². The van der Waals surface area contributed by atoms with E-state index in [0.29, 0.717) is 26.1 Å². The van der Waals surface area contributed by atoms with Gasteiger partial charge in [-0.1, -0.05) is 0 Å². The summed E-state index contributed by atoms with van der Waals surface area (Å²) in [5, 5.41) is 3.14. The molecule has 1 aliphatic heterocycles. The number of hydrogen-bond acceptors (Lipinski definition) is 3. The molecule has 1 amide bonds. The van der Waals surface area contributed by atoms with Gasteiger partial charge in [-0.25, -0.2) is 4.79 Å². The number of nitrogens with one attached hydrogen (secondary N) is 1. The summed E-state index contributed by atoms with van der Waals surface area (Å²) in [6.45, 7) is 7.30. The van der Waals surface area contributed by atoms with Crippen molar-refractivity contribution in [1.29, 1.82) is 0 Å². The Bertz CT molecular complexity index is 354. The van der Waals surface area contributed by atoms with Crippen LogP contribution in [0.2, 0.25) is 0 Å². The molecule has 0 aromatic heterocycles. The van der Waals surface area contributed by atoms with Gasteiger partial charge >= 0.3 is 12.3 Å². The first-order valence-electron chi connectivity index (χ1n) is 7.85. The molecule has 7 heteroatoms. The van der Waals surface area contributed by atoms with Gasteiger partial charge in [0.1, 0.15) is 5.60 Å². The van der Waals surface area contributed by atoms with Crippen LogP contribution in [0.5, 0.6) is 0 Å². The Kier molecular flexibility index (Phi) is 6.97. The van der Waals surface area contributed by atoms with E-state index < -0.39 is 18.2 Å². The van der Waals surface area contributed by atoms with Crippen LogP contribution >= 0.6 is 0 Å². The number of carbonyl (C=O) groups is 1. The Morgan fingerprint density at radius 3 is 2.55 bits per heavy atom. The number of ether oxygens (including phenoxy) is 1. The first kappa shape index (κ1) is 19.1. The van der Waals surface area contributed by atoms with E-state index >= 15 is 0 Å². The fraction of sp³-hybridized carbons (Fsp3) is 0.933. The lowest BCUT2D eigenvalue weighted by molar-refractivity contribution is -0.135.